The smallest absolute Gasteiger partial charge is 0.321 e. The molecule has 2 bridgehead atoms. The van der Waals surface area contributed by atoms with Crippen LogP contribution in [0.1, 0.15) is 25.8 Å². The fourth-order valence-corrected chi connectivity index (χ4v) is 6.95. The molecule has 2 heterocycles. The summed E-state index contributed by atoms with van der Waals surface area (Å²) >= 11 is 0. The maximum atomic E-state index is 13.3. The van der Waals surface area contributed by atoms with Crippen molar-refractivity contribution in [2.45, 2.75) is 68.8 Å². The maximum absolute atomic E-state index is 13.3. The zero-order chi connectivity index (χ0) is 23.8. The van der Waals surface area contributed by atoms with E-state index in [2.05, 4.69) is 5.32 Å². The van der Waals surface area contributed by atoms with Crippen molar-refractivity contribution in [2.75, 3.05) is 13.2 Å². The van der Waals surface area contributed by atoms with Gasteiger partial charge < -0.3 is 29.9 Å². The van der Waals surface area contributed by atoms with Gasteiger partial charge in [0.25, 0.3) is 0 Å². The number of Topliss-reactive ketones (excluding diaryl/α,β-unsaturated/α-hetero) is 1. The predicted molar refractivity (Wildman–Crippen MR) is 114 cm³/mol. The summed E-state index contributed by atoms with van der Waals surface area (Å²) in [4.78, 5) is 25.4. The van der Waals surface area contributed by atoms with E-state index in [0.717, 1.165) is 5.56 Å². The summed E-state index contributed by atoms with van der Waals surface area (Å²) in [7, 11) is 0. The number of aliphatic carboxylic acids is 1. The molecule has 5 rings (SSSR count). The van der Waals surface area contributed by atoms with E-state index in [4.69, 9.17) is 9.47 Å². The van der Waals surface area contributed by atoms with Gasteiger partial charge in [-0.1, -0.05) is 44.2 Å². The normalized spacial score (nSPS) is 46.8. The monoisotopic (exact) mass is 461 g/mol. The number of ether oxygens (including phenoxy) is 2. The first-order valence-electron chi connectivity index (χ1n) is 11.5. The number of nitrogens with one attached hydrogen (secondary N) is 1. The summed E-state index contributed by atoms with van der Waals surface area (Å²) in [5.41, 5.74) is -2.45. The van der Waals surface area contributed by atoms with Crippen LogP contribution < -0.4 is 5.32 Å². The number of carboxylic acid groups (broad SMARTS) is 1. The molecule has 0 radical (unpaired) electrons. The molecule has 4 aliphatic rings. The van der Waals surface area contributed by atoms with Crippen LogP contribution in [0.15, 0.2) is 30.3 Å². The van der Waals surface area contributed by atoms with Gasteiger partial charge in [0.2, 0.25) is 0 Å². The molecule has 1 aromatic carbocycles. The SMILES string of the molecule is CC1C(=O)[C@@H](O)[C@@]2(CO)[C@H](O[C@@H]3[C@H](O)C[C@@]2(C)[C@]32CO2)[C@@H]1N[C@@H](Cc1ccccc1)C(=O)O. The topological polar surface area (TPSA) is 149 Å². The first-order valence-corrected chi connectivity index (χ1v) is 11.5. The number of ketones is 1. The van der Waals surface area contributed by atoms with Crippen LogP contribution in [0, 0.1) is 16.7 Å². The molecule has 4 fully saturated rings. The summed E-state index contributed by atoms with van der Waals surface area (Å²) in [5.74, 6) is -2.33. The fraction of sp³-hybridized carbons (Fsp3) is 0.667. The van der Waals surface area contributed by atoms with E-state index >= 15 is 0 Å². The lowest BCUT2D eigenvalue weighted by Crippen LogP contribution is -2.78. The molecule has 33 heavy (non-hydrogen) atoms. The predicted octanol–water partition coefficient (Wildman–Crippen LogP) is -0.494. The molecule has 1 unspecified atom stereocenters. The van der Waals surface area contributed by atoms with Gasteiger partial charge in [0.15, 0.2) is 5.78 Å². The molecule has 9 nitrogen and oxygen atoms in total. The highest BCUT2D eigenvalue weighted by atomic mass is 16.6. The Labute approximate surface area is 191 Å². The fourth-order valence-electron chi connectivity index (χ4n) is 6.95. The number of benzene rings is 1. The van der Waals surface area contributed by atoms with Crippen LogP contribution in [-0.4, -0.2) is 87.5 Å². The van der Waals surface area contributed by atoms with Gasteiger partial charge >= 0.3 is 5.97 Å². The van der Waals surface area contributed by atoms with Crippen molar-refractivity contribution < 1.29 is 39.5 Å². The second kappa shape index (κ2) is 7.56. The molecule has 1 spiro atoms. The highest BCUT2D eigenvalue weighted by Crippen LogP contribution is 2.71. The Kier molecular flexibility index (Phi) is 5.24. The van der Waals surface area contributed by atoms with Crippen LogP contribution in [0.4, 0.5) is 0 Å². The van der Waals surface area contributed by atoms with Gasteiger partial charge in [-0.05, 0) is 18.4 Å². The summed E-state index contributed by atoms with van der Waals surface area (Å²) in [6.45, 7) is 3.21. The molecule has 0 aromatic heterocycles. The molecule has 10 atom stereocenters. The zero-order valence-electron chi connectivity index (χ0n) is 18.7. The summed E-state index contributed by atoms with van der Waals surface area (Å²) in [5, 5.41) is 45.8. The van der Waals surface area contributed by atoms with Gasteiger partial charge in [0.1, 0.15) is 23.9 Å². The second-order valence-electron chi connectivity index (χ2n) is 10.3. The van der Waals surface area contributed by atoms with E-state index in [0.29, 0.717) is 6.61 Å². The van der Waals surface area contributed by atoms with Crippen LogP contribution in [-0.2, 0) is 25.5 Å². The quantitative estimate of drug-likeness (QED) is 0.354. The van der Waals surface area contributed by atoms with Crippen LogP contribution in [0.5, 0.6) is 0 Å². The minimum atomic E-state index is -1.53. The number of carboxylic acids is 1. The van der Waals surface area contributed by atoms with Gasteiger partial charge in [-0.15, -0.1) is 0 Å². The molecule has 5 N–H and O–H groups in total. The van der Waals surface area contributed by atoms with Crippen molar-refractivity contribution in [3.05, 3.63) is 35.9 Å². The Morgan fingerprint density at radius 2 is 1.91 bits per heavy atom. The number of hydrogen-bond donors (Lipinski definition) is 5. The summed E-state index contributed by atoms with van der Waals surface area (Å²) in [6.07, 6.45) is -3.61. The first kappa shape index (κ1) is 22.9. The van der Waals surface area contributed by atoms with E-state index in [9.17, 15) is 30.0 Å². The van der Waals surface area contributed by atoms with Crippen LogP contribution in [0.2, 0.25) is 0 Å². The van der Waals surface area contributed by atoms with Crippen molar-refractivity contribution in [3.8, 4) is 0 Å². The summed E-state index contributed by atoms with van der Waals surface area (Å²) < 4.78 is 12.1. The maximum Gasteiger partial charge on any atom is 0.321 e. The van der Waals surface area contributed by atoms with Crippen molar-refractivity contribution >= 4 is 11.8 Å². The molecule has 2 saturated heterocycles. The van der Waals surface area contributed by atoms with Gasteiger partial charge in [-0.3, -0.25) is 14.9 Å². The number of aliphatic hydroxyl groups is 3. The average molecular weight is 462 g/mol. The molecule has 0 amide bonds. The number of carbonyl (C=O) groups is 2. The third-order valence-corrected chi connectivity index (χ3v) is 8.95. The van der Waals surface area contributed by atoms with Crippen LogP contribution in [0.3, 0.4) is 0 Å². The van der Waals surface area contributed by atoms with Crippen molar-refractivity contribution in [2.24, 2.45) is 16.7 Å². The van der Waals surface area contributed by atoms with Crippen molar-refractivity contribution in [3.63, 3.8) is 0 Å². The van der Waals surface area contributed by atoms with Gasteiger partial charge in [-0.2, -0.15) is 0 Å². The molecule has 2 aliphatic carbocycles. The van der Waals surface area contributed by atoms with Crippen LogP contribution in [0.25, 0.3) is 0 Å². The number of rotatable bonds is 6. The molecule has 1 aromatic rings. The zero-order valence-corrected chi connectivity index (χ0v) is 18.7. The molecule has 180 valence electrons. The lowest BCUT2D eigenvalue weighted by Gasteiger charge is -2.62. The lowest BCUT2D eigenvalue weighted by molar-refractivity contribution is -0.276. The molecule has 9 heteroatoms. The lowest BCUT2D eigenvalue weighted by atomic mass is 9.48. The van der Waals surface area contributed by atoms with E-state index in [1.54, 1.807) is 6.92 Å². The summed E-state index contributed by atoms with van der Waals surface area (Å²) in [6, 6.07) is 7.35. The van der Waals surface area contributed by atoms with E-state index in [-0.39, 0.29) is 12.8 Å². The number of hydrogen-bond acceptors (Lipinski definition) is 8. The van der Waals surface area contributed by atoms with E-state index < -0.39 is 77.2 Å². The Morgan fingerprint density at radius 1 is 1.24 bits per heavy atom. The first-order chi connectivity index (χ1) is 15.6. The van der Waals surface area contributed by atoms with Gasteiger partial charge in [0.05, 0.1) is 30.8 Å². The molecular weight excluding hydrogens is 430 g/mol. The minimum absolute atomic E-state index is 0.186. The second-order valence-corrected chi connectivity index (χ2v) is 10.3. The Balaban J connectivity index is 1.55. The van der Waals surface area contributed by atoms with E-state index in [1.807, 2.05) is 37.3 Å². The van der Waals surface area contributed by atoms with E-state index in [1.165, 1.54) is 0 Å². The Morgan fingerprint density at radius 3 is 2.48 bits per heavy atom. The molecule has 2 aliphatic heterocycles. The van der Waals surface area contributed by atoms with Gasteiger partial charge in [-0.25, -0.2) is 0 Å². The Bertz CT molecular complexity index is 951. The number of carbonyl (C=O) groups excluding carboxylic acids is 1. The highest BCUT2D eigenvalue weighted by Gasteiger charge is 2.84. The average Bonchev–Trinajstić information content (AvgIpc) is 3.57. The Hall–Kier alpha value is -1.88. The van der Waals surface area contributed by atoms with Crippen molar-refractivity contribution in [1.82, 2.24) is 5.32 Å². The largest absolute Gasteiger partial charge is 0.480 e. The van der Waals surface area contributed by atoms with Gasteiger partial charge in [0, 0.05) is 17.4 Å². The highest BCUT2D eigenvalue weighted by molar-refractivity contribution is 5.88. The standard InChI is InChI=1S/C24H31NO8/c1-12-16(25-14(21(30)31)8-13-6-4-3-5-7-13)20-23(10-26,18(29)17(12)28)22(2)9-15(27)19(33-20)24(22)11-32-24/h3-7,12,14-16,18-20,25-27,29H,8-11H2,1-2H3,(H,30,31)/t12?,14-,15+,16+,18+,19+,20+,22+,23-,24-/m0/s1. The minimum Gasteiger partial charge on any atom is -0.480 e. The molecule has 2 saturated carbocycles. The van der Waals surface area contributed by atoms with Crippen LogP contribution >= 0.6 is 0 Å². The number of fused-ring (bicyclic) bond motifs is 2. The third kappa shape index (κ3) is 2.87. The van der Waals surface area contributed by atoms with Crippen molar-refractivity contribution in [1.29, 1.82) is 0 Å². The third-order valence-electron chi connectivity index (χ3n) is 8.95. The number of aliphatic hydroxyl groups excluding tert-OH is 3. The number of epoxide rings is 1. The molecular formula is C24H31NO8.